The molecule has 0 aromatic heterocycles. The Hall–Kier alpha value is -1.62. The molecule has 1 fully saturated rings. The standard InChI is InChI=1S/C14H20N2O3/c1-12-5-4-8-15(11-12)9-10-19-14-7-3-2-6-13(14)16(17)18/h2-3,6-7,12H,4-5,8-11H2,1H3/t12-/m1/s1. The third-order valence-electron chi connectivity index (χ3n) is 3.47. The molecular weight excluding hydrogens is 244 g/mol. The first-order valence-electron chi connectivity index (χ1n) is 6.75. The summed E-state index contributed by atoms with van der Waals surface area (Å²) in [5, 5.41) is 10.8. The number of nitrogens with zero attached hydrogens (tertiary/aromatic N) is 2. The molecule has 1 aliphatic rings. The molecule has 0 bridgehead atoms. The molecule has 0 amide bonds. The zero-order valence-electron chi connectivity index (χ0n) is 11.2. The van der Waals surface area contributed by atoms with Gasteiger partial charge in [-0.2, -0.15) is 0 Å². The lowest BCUT2D eigenvalue weighted by molar-refractivity contribution is -0.385. The van der Waals surface area contributed by atoms with E-state index < -0.39 is 4.92 Å². The Morgan fingerprint density at radius 3 is 3.00 bits per heavy atom. The van der Waals surface area contributed by atoms with Crippen molar-refractivity contribution in [2.75, 3.05) is 26.2 Å². The minimum atomic E-state index is -0.404. The molecule has 19 heavy (non-hydrogen) atoms. The second kappa shape index (κ2) is 6.52. The Bertz CT molecular complexity index is 436. The summed E-state index contributed by atoms with van der Waals surface area (Å²) in [5.41, 5.74) is 0.0366. The van der Waals surface area contributed by atoms with E-state index in [1.165, 1.54) is 18.9 Å². The molecule has 104 valence electrons. The Balaban J connectivity index is 1.84. The summed E-state index contributed by atoms with van der Waals surface area (Å²) in [4.78, 5) is 12.8. The minimum Gasteiger partial charge on any atom is -0.485 e. The highest BCUT2D eigenvalue weighted by atomic mass is 16.6. The van der Waals surface area contributed by atoms with Gasteiger partial charge in [0, 0.05) is 19.2 Å². The first-order chi connectivity index (χ1) is 9.16. The molecule has 5 heteroatoms. The van der Waals surface area contributed by atoms with Gasteiger partial charge in [0.05, 0.1) is 4.92 Å². The van der Waals surface area contributed by atoms with Crippen molar-refractivity contribution < 1.29 is 9.66 Å². The van der Waals surface area contributed by atoms with E-state index in [1.807, 2.05) is 0 Å². The van der Waals surface area contributed by atoms with Crippen LogP contribution in [0.3, 0.4) is 0 Å². The van der Waals surface area contributed by atoms with Crippen LogP contribution in [0.4, 0.5) is 5.69 Å². The molecule has 1 atom stereocenters. The highest BCUT2D eigenvalue weighted by molar-refractivity contribution is 5.45. The predicted octanol–water partition coefficient (Wildman–Crippen LogP) is 2.71. The van der Waals surface area contributed by atoms with Gasteiger partial charge in [-0.05, 0) is 31.4 Å². The molecule has 0 unspecified atom stereocenters. The van der Waals surface area contributed by atoms with Gasteiger partial charge >= 0.3 is 5.69 Å². The number of ether oxygens (including phenoxy) is 1. The molecule has 1 saturated heterocycles. The monoisotopic (exact) mass is 264 g/mol. The first-order valence-corrected chi connectivity index (χ1v) is 6.75. The maximum Gasteiger partial charge on any atom is 0.310 e. The van der Waals surface area contributed by atoms with Crippen molar-refractivity contribution >= 4 is 5.69 Å². The molecular formula is C14H20N2O3. The summed E-state index contributed by atoms with van der Waals surface area (Å²) in [5.74, 6) is 1.09. The van der Waals surface area contributed by atoms with Crippen LogP contribution < -0.4 is 4.74 Å². The van der Waals surface area contributed by atoms with Gasteiger partial charge in [-0.25, -0.2) is 0 Å². The maximum absolute atomic E-state index is 10.8. The van der Waals surface area contributed by atoms with Crippen LogP contribution in [0.2, 0.25) is 0 Å². The van der Waals surface area contributed by atoms with Crippen LogP contribution in [-0.2, 0) is 0 Å². The van der Waals surface area contributed by atoms with E-state index in [0.717, 1.165) is 25.6 Å². The summed E-state index contributed by atoms with van der Waals surface area (Å²) in [6.45, 7) is 5.79. The molecule has 0 N–H and O–H groups in total. The van der Waals surface area contributed by atoms with Crippen molar-refractivity contribution in [1.82, 2.24) is 4.90 Å². The van der Waals surface area contributed by atoms with E-state index in [9.17, 15) is 10.1 Å². The van der Waals surface area contributed by atoms with Crippen LogP contribution in [0.25, 0.3) is 0 Å². The quantitative estimate of drug-likeness (QED) is 0.606. The SMILES string of the molecule is C[C@@H]1CCCN(CCOc2ccccc2[N+](=O)[O-])C1. The van der Waals surface area contributed by atoms with Gasteiger partial charge in [0.2, 0.25) is 0 Å². The van der Waals surface area contributed by atoms with Gasteiger partial charge in [-0.3, -0.25) is 15.0 Å². The maximum atomic E-state index is 10.8. The number of rotatable bonds is 5. The molecule has 0 aliphatic carbocycles. The Labute approximate surface area is 113 Å². The lowest BCUT2D eigenvalue weighted by atomic mass is 10.0. The number of likely N-dealkylation sites (tertiary alicyclic amines) is 1. The number of nitro benzene ring substituents is 1. The fourth-order valence-corrected chi connectivity index (χ4v) is 2.50. The molecule has 1 aromatic rings. The van der Waals surface area contributed by atoms with E-state index in [0.29, 0.717) is 12.4 Å². The van der Waals surface area contributed by atoms with Crippen LogP contribution in [0.5, 0.6) is 5.75 Å². The molecule has 0 spiro atoms. The number of hydrogen-bond acceptors (Lipinski definition) is 4. The molecule has 5 nitrogen and oxygen atoms in total. The summed E-state index contributed by atoms with van der Waals surface area (Å²) in [7, 11) is 0. The molecule has 2 rings (SSSR count). The summed E-state index contributed by atoms with van der Waals surface area (Å²) >= 11 is 0. The fourth-order valence-electron chi connectivity index (χ4n) is 2.50. The molecule has 1 aliphatic heterocycles. The van der Waals surface area contributed by atoms with E-state index in [-0.39, 0.29) is 5.69 Å². The molecule has 0 saturated carbocycles. The number of nitro groups is 1. The Morgan fingerprint density at radius 2 is 2.26 bits per heavy atom. The third-order valence-corrected chi connectivity index (χ3v) is 3.47. The van der Waals surface area contributed by atoms with Crippen LogP contribution in [0, 0.1) is 16.0 Å². The van der Waals surface area contributed by atoms with Crippen LogP contribution in [0.1, 0.15) is 19.8 Å². The molecule has 1 heterocycles. The fraction of sp³-hybridized carbons (Fsp3) is 0.571. The van der Waals surface area contributed by atoms with Gasteiger partial charge in [0.25, 0.3) is 0 Å². The zero-order chi connectivity index (χ0) is 13.7. The van der Waals surface area contributed by atoms with Crippen LogP contribution >= 0.6 is 0 Å². The molecule has 1 aromatic carbocycles. The van der Waals surface area contributed by atoms with Crippen LogP contribution in [-0.4, -0.2) is 36.1 Å². The second-order valence-corrected chi connectivity index (χ2v) is 5.12. The Kier molecular flexibility index (Phi) is 4.74. The smallest absolute Gasteiger partial charge is 0.310 e. The van der Waals surface area contributed by atoms with Crippen molar-refractivity contribution in [3.8, 4) is 5.75 Å². The second-order valence-electron chi connectivity index (χ2n) is 5.12. The lowest BCUT2D eigenvalue weighted by Gasteiger charge is -2.30. The van der Waals surface area contributed by atoms with E-state index in [2.05, 4.69) is 11.8 Å². The van der Waals surface area contributed by atoms with E-state index in [4.69, 9.17) is 4.74 Å². The normalized spacial score (nSPS) is 20.2. The van der Waals surface area contributed by atoms with Crippen molar-refractivity contribution in [2.24, 2.45) is 5.92 Å². The number of piperidine rings is 1. The Morgan fingerprint density at radius 1 is 1.47 bits per heavy atom. The summed E-state index contributed by atoms with van der Waals surface area (Å²) < 4.78 is 5.55. The predicted molar refractivity (Wildman–Crippen MR) is 73.4 cm³/mol. The largest absolute Gasteiger partial charge is 0.485 e. The number of hydrogen-bond donors (Lipinski definition) is 0. The van der Waals surface area contributed by atoms with Gasteiger partial charge in [-0.15, -0.1) is 0 Å². The van der Waals surface area contributed by atoms with E-state index in [1.54, 1.807) is 18.2 Å². The molecule has 0 radical (unpaired) electrons. The summed E-state index contributed by atoms with van der Waals surface area (Å²) in [6.07, 6.45) is 2.52. The van der Waals surface area contributed by atoms with Gasteiger partial charge in [-0.1, -0.05) is 19.1 Å². The lowest BCUT2D eigenvalue weighted by Crippen LogP contribution is -2.37. The summed E-state index contributed by atoms with van der Waals surface area (Å²) in [6, 6.07) is 6.53. The van der Waals surface area contributed by atoms with Gasteiger partial charge < -0.3 is 4.74 Å². The van der Waals surface area contributed by atoms with Crippen molar-refractivity contribution in [2.45, 2.75) is 19.8 Å². The number of benzene rings is 1. The highest BCUT2D eigenvalue weighted by Crippen LogP contribution is 2.25. The highest BCUT2D eigenvalue weighted by Gasteiger charge is 2.17. The van der Waals surface area contributed by atoms with Crippen molar-refractivity contribution in [3.63, 3.8) is 0 Å². The first kappa shape index (κ1) is 13.8. The third kappa shape index (κ3) is 3.92. The van der Waals surface area contributed by atoms with Crippen molar-refractivity contribution in [3.05, 3.63) is 34.4 Å². The van der Waals surface area contributed by atoms with E-state index >= 15 is 0 Å². The van der Waals surface area contributed by atoms with Gasteiger partial charge in [0.15, 0.2) is 5.75 Å². The van der Waals surface area contributed by atoms with Gasteiger partial charge in [0.1, 0.15) is 6.61 Å². The number of para-hydroxylation sites is 2. The van der Waals surface area contributed by atoms with Crippen LogP contribution in [0.15, 0.2) is 24.3 Å². The zero-order valence-corrected chi connectivity index (χ0v) is 11.2. The topological polar surface area (TPSA) is 55.6 Å². The average Bonchev–Trinajstić information content (AvgIpc) is 2.39. The average molecular weight is 264 g/mol. The minimum absolute atomic E-state index is 0.0366. The van der Waals surface area contributed by atoms with Crippen molar-refractivity contribution in [1.29, 1.82) is 0 Å².